The molecule has 29 heavy (non-hydrogen) atoms. The van der Waals surface area contributed by atoms with Crippen LogP contribution >= 0.6 is 11.8 Å². The fourth-order valence-corrected chi connectivity index (χ4v) is 3.43. The van der Waals surface area contributed by atoms with Crippen LogP contribution < -0.4 is 10.6 Å². The Hall–Kier alpha value is -2.87. The van der Waals surface area contributed by atoms with Gasteiger partial charge >= 0.3 is 5.97 Å². The van der Waals surface area contributed by atoms with E-state index in [0.717, 1.165) is 16.0 Å². The number of aromatic nitrogens is 1. The highest BCUT2D eigenvalue weighted by atomic mass is 32.2. The minimum Gasteiger partial charge on any atom is -0.480 e. The van der Waals surface area contributed by atoms with Gasteiger partial charge < -0.3 is 15.7 Å². The summed E-state index contributed by atoms with van der Waals surface area (Å²) in [4.78, 5) is 39.4. The zero-order valence-corrected chi connectivity index (χ0v) is 17.5. The Morgan fingerprint density at radius 3 is 2.24 bits per heavy atom. The van der Waals surface area contributed by atoms with Gasteiger partial charge in [0.2, 0.25) is 11.8 Å². The predicted molar refractivity (Wildman–Crippen MR) is 114 cm³/mol. The summed E-state index contributed by atoms with van der Waals surface area (Å²) in [7, 11) is 0. The number of amides is 2. The van der Waals surface area contributed by atoms with Crippen LogP contribution in [-0.2, 0) is 14.4 Å². The van der Waals surface area contributed by atoms with E-state index in [0.29, 0.717) is 11.6 Å². The molecule has 0 aliphatic carbocycles. The monoisotopic (exact) mass is 415 g/mol. The van der Waals surface area contributed by atoms with Crippen molar-refractivity contribution in [2.45, 2.75) is 38.1 Å². The van der Waals surface area contributed by atoms with E-state index in [1.165, 1.54) is 18.7 Å². The van der Waals surface area contributed by atoms with Crippen molar-refractivity contribution in [2.24, 2.45) is 5.92 Å². The Labute approximate surface area is 174 Å². The maximum Gasteiger partial charge on any atom is 0.326 e. The molecule has 2 rings (SSSR count). The Bertz CT molecular complexity index is 851. The van der Waals surface area contributed by atoms with E-state index in [2.05, 4.69) is 15.6 Å². The third-order valence-electron chi connectivity index (χ3n) is 4.10. The first-order chi connectivity index (χ1) is 13.8. The zero-order valence-electron chi connectivity index (χ0n) is 16.6. The van der Waals surface area contributed by atoms with Crippen LogP contribution in [0.5, 0.6) is 0 Å². The normalized spacial score (nSPS) is 11.7. The van der Waals surface area contributed by atoms with Crippen LogP contribution in [0.1, 0.15) is 27.2 Å². The molecule has 1 aromatic heterocycles. The molecule has 8 heteroatoms. The number of carboxylic acids is 1. The summed E-state index contributed by atoms with van der Waals surface area (Å²) in [6.07, 6.45) is 1.95. The molecule has 0 fully saturated rings. The van der Waals surface area contributed by atoms with E-state index < -0.39 is 12.0 Å². The molecule has 0 radical (unpaired) electrons. The van der Waals surface area contributed by atoms with Gasteiger partial charge in [0.05, 0.1) is 0 Å². The molecule has 7 nitrogen and oxygen atoms in total. The summed E-state index contributed by atoms with van der Waals surface area (Å²) in [5.41, 5.74) is 1.93. The number of pyridine rings is 1. The predicted octanol–water partition coefficient (Wildman–Crippen LogP) is 3.41. The molecule has 1 heterocycles. The van der Waals surface area contributed by atoms with Crippen LogP contribution in [-0.4, -0.2) is 39.7 Å². The molecule has 2 amide bonds. The molecule has 0 bridgehead atoms. The van der Waals surface area contributed by atoms with E-state index in [-0.39, 0.29) is 24.2 Å². The summed E-state index contributed by atoms with van der Waals surface area (Å²) in [6, 6.07) is 10.6. The van der Waals surface area contributed by atoms with Gasteiger partial charge in [0.25, 0.3) is 0 Å². The van der Waals surface area contributed by atoms with Crippen molar-refractivity contribution in [3.05, 3.63) is 42.6 Å². The summed E-state index contributed by atoms with van der Waals surface area (Å²) in [5, 5.41) is 14.3. The van der Waals surface area contributed by atoms with Crippen molar-refractivity contribution >= 4 is 35.4 Å². The maximum absolute atomic E-state index is 12.0. The number of hydrogen-bond acceptors (Lipinski definition) is 5. The fraction of sp³-hybridized carbons (Fsp3) is 0.333. The van der Waals surface area contributed by atoms with E-state index in [1.54, 1.807) is 26.1 Å². The number of aliphatic carboxylic acids is 1. The number of nitrogens with zero attached hydrogens (tertiary/aromatic N) is 1. The van der Waals surface area contributed by atoms with E-state index in [9.17, 15) is 14.4 Å². The molecule has 1 aromatic carbocycles. The minimum atomic E-state index is -1.02. The molecule has 154 valence electrons. The van der Waals surface area contributed by atoms with Gasteiger partial charge in [0.15, 0.2) is 0 Å². The Kier molecular flexibility index (Phi) is 8.21. The molecular formula is C21H25N3O4S. The van der Waals surface area contributed by atoms with Crippen LogP contribution in [0.25, 0.3) is 11.1 Å². The Morgan fingerprint density at radius 2 is 1.72 bits per heavy atom. The first kappa shape index (κ1) is 22.4. The number of carbonyl (C=O) groups is 3. The van der Waals surface area contributed by atoms with Crippen LogP contribution in [0.4, 0.5) is 5.82 Å². The first-order valence-corrected chi connectivity index (χ1v) is 10.2. The quantitative estimate of drug-likeness (QED) is 0.542. The van der Waals surface area contributed by atoms with Crippen LogP contribution in [0.15, 0.2) is 47.5 Å². The lowest BCUT2D eigenvalue weighted by molar-refractivity contribution is -0.143. The SMILES string of the molecule is CC(=O)Nc1ccc(-c2ccc(SCCC(=O)N[C@H](C(=O)O)C(C)C)cc2)cn1. The van der Waals surface area contributed by atoms with Crippen molar-refractivity contribution in [3.63, 3.8) is 0 Å². The minimum absolute atomic E-state index is 0.164. The van der Waals surface area contributed by atoms with Crippen molar-refractivity contribution in [3.8, 4) is 11.1 Å². The molecule has 0 saturated heterocycles. The van der Waals surface area contributed by atoms with Gasteiger partial charge in [-0.3, -0.25) is 9.59 Å². The summed E-state index contributed by atoms with van der Waals surface area (Å²) in [5.74, 6) is -0.546. The lowest BCUT2D eigenvalue weighted by Gasteiger charge is -2.17. The average Bonchev–Trinajstić information content (AvgIpc) is 2.66. The summed E-state index contributed by atoms with van der Waals surface area (Å²) in [6.45, 7) is 4.96. The number of carboxylic acid groups (broad SMARTS) is 1. The van der Waals surface area contributed by atoms with Gasteiger partial charge in [0.1, 0.15) is 11.9 Å². The van der Waals surface area contributed by atoms with Gasteiger partial charge in [-0.1, -0.05) is 26.0 Å². The smallest absolute Gasteiger partial charge is 0.326 e. The topological polar surface area (TPSA) is 108 Å². The van der Waals surface area contributed by atoms with Crippen molar-refractivity contribution in [2.75, 3.05) is 11.1 Å². The number of hydrogen-bond donors (Lipinski definition) is 3. The molecule has 1 atom stereocenters. The fourth-order valence-electron chi connectivity index (χ4n) is 2.58. The van der Waals surface area contributed by atoms with Crippen molar-refractivity contribution < 1.29 is 19.5 Å². The zero-order chi connectivity index (χ0) is 21.4. The van der Waals surface area contributed by atoms with Gasteiger partial charge in [-0.25, -0.2) is 9.78 Å². The maximum atomic E-state index is 12.0. The van der Waals surface area contributed by atoms with Gasteiger partial charge in [-0.15, -0.1) is 11.8 Å². The van der Waals surface area contributed by atoms with Gasteiger partial charge in [0, 0.05) is 35.8 Å². The highest BCUT2D eigenvalue weighted by molar-refractivity contribution is 7.99. The molecular weight excluding hydrogens is 390 g/mol. The number of rotatable bonds is 9. The van der Waals surface area contributed by atoms with Crippen LogP contribution in [0, 0.1) is 5.92 Å². The second-order valence-electron chi connectivity index (χ2n) is 6.86. The highest BCUT2D eigenvalue weighted by Crippen LogP contribution is 2.25. The van der Waals surface area contributed by atoms with E-state index in [1.807, 2.05) is 30.3 Å². The Morgan fingerprint density at radius 1 is 1.07 bits per heavy atom. The number of carbonyl (C=O) groups excluding carboxylic acids is 2. The highest BCUT2D eigenvalue weighted by Gasteiger charge is 2.22. The number of nitrogens with one attached hydrogen (secondary N) is 2. The number of anilines is 1. The summed E-state index contributed by atoms with van der Waals surface area (Å²) >= 11 is 1.53. The lowest BCUT2D eigenvalue weighted by Crippen LogP contribution is -2.44. The van der Waals surface area contributed by atoms with Crippen LogP contribution in [0.3, 0.4) is 0 Å². The number of thioether (sulfide) groups is 1. The van der Waals surface area contributed by atoms with Gasteiger partial charge in [-0.05, 0) is 35.7 Å². The van der Waals surface area contributed by atoms with Crippen molar-refractivity contribution in [1.29, 1.82) is 0 Å². The summed E-state index contributed by atoms with van der Waals surface area (Å²) < 4.78 is 0. The standard InChI is InChI=1S/C21H25N3O4S/c1-13(2)20(21(27)28)24-19(26)10-11-29-17-7-4-15(5-8-17)16-6-9-18(22-12-16)23-14(3)25/h4-9,12-13,20H,10-11H2,1-3H3,(H,24,26)(H,27,28)(H,22,23,25)/t20-/m0/s1. The van der Waals surface area contributed by atoms with Gasteiger partial charge in [-0.2, -0.15) is 0 Å². The van der Waals surface area contributed by atoms with E-state index >= 15 is 0 Å². The molecule has 3 N–H and O–H groups in total. The molecule has 0 aliphatic rings. The lowest BCUT2D eigenvalue weighted by atomic mass is 10.0. The molecule has 0 spiro atoms. The molecule has 0 saturated carbocycles. The van der Waals surface area contributed by atoms with Crippen molar-refractivity contribution in [1.82, 2.24) is 10.3 Å². The Balaban J connectivity index is 1.85. The number of benzene rings is 1. The third kappa shape index (κ3) is 7.23. The van der Waals surface area contributed by atoms with E-state index in [4.69, 9.17) is 5.11 Å². The second kappa shape index (κ2) is 10.6. The molecule has 2 aromatic rings. The second-order valence-corrected chi connectivity index (χ2v) is 8.03. The average molecular weight is 416 g/mol. The molecule has 0 unspecified atom stereocenters. The largest absolute Gasteiger partial charge is 0.480 e. The van der Waals surface area contributed by atoms with Crippen LogP contribution in [0.2, 0.25) is 0 Å². The first-order valence-electron chi connectivity index (χ1n) is 9.25. The third-order valence-corrected chi connectivity index (χ3v) is 5.12. The molecule has 0 aliphatic heterocycles.